The first-order chi connectivity index (χ1) is 8.85. The van der Waals surface area contributed by atoms with Gasteiger partial charge in [-0.25, -0.2) is 0 Å². The van der Waals surface area contributed by atoms with Crippen molar-refractivity contribution >= 4 is 16.6 Å². The molecule has 0 radical (unpaired) electrons. The molecule has 2 rings (SSSR count). The van der Waals surface area contributed by atoms with E-state index in [0.717, 1.165) is 42.5 Å². The zero-order valence-corrected chi connectivity index (χ0v) is 10.8. The molecule has 0 aliphatic heterocycles. The second kappa shape index (κ2) is 6.31. The Morgan fingerprint density at radius 3 is 2.94 bits per heavy atom. The monoisotopic (exact) mass is 244 g/mol. The number of fused-ring (bicyclic) bond motifs is 1. The molecule has 1 atom stereocenters. The summed E-state index contributed by atoms with van der Waals surface area (Å²) in [7, 11) is 0. The number of hydrogen-bond donors (Lipinski definition) is 2. The van der Waals surface area contributed by atoms with Crippen LogP contribution in [0.15, 0.2) is 30.5 Å². The molecule has 4 nitrogen and oxygen atoms in total. The third-order valence-corrected chi connectivity index (χ3v) is 3.28. The molecule has 4 heteroatoms. The van der Waals surface area contributed by atoms with Crippen LogP contribution in [0, 0.1) is 5.92 Å². The Morgan fingerprint density at radius 2 is 2.17 bits per heavy atom. The fourth-order valence-corrected chi connectivity index (χ4v) is 2.09. The maximum Gasteiger partial charge on any atom is 0.156 e. The fraction of sp³-hybridized carbons (Fsp3) is 0.429. The average Bonchev–Trinajstić information content (AvgIpc) is 2.43. The SMILES string of the molecule is CCC(CCN)CNc1nncc2ccccc12. The van der Waals surface area contributed by atoms with Crippen molar-refractivity contribution in [1.82, 2.24) is 10.2 Å². The van der Waals surface area contributed by atoms with Gasteiger partial charge in [0.2, 0.25) is 0 Å². The van der Waals surface area contributed by atoms with Crippen LogP contribution in [0.4, 0.5) is 5.82 Å². The topological polar surface area (TPSA) is 63.8 Å². The predicted octanol–water partition coefficient (Wildman–Crippen LogP) is 2.42. The second-order valence-corrected chi connectivity index (χ2v) is 4.51. The van der Waals surface area contributed by atoms with Gasteiger partial charge in [-0.3, -0.25) is 0 Å². The molecule has 0 fully saturated rings. The Labute approximate surface area is 108 Å². The third-order valence-electron chi connectivity index (χ3n) is 3.28. The molecular weight excluding hydrogens is 224 g/mol. The van der Waals surface area contributed by atoms with E-state index in [9.17, 15) is 0 Å². The third kappa shape index (κ3) is 2.96. The summed E-state index contributed by atoms with van der Waals surface area (Å²) in [6, 6.07) is 8.14. The first-order valence-electron chi connectivity index (χ1n) is 6.49. The molecule has 3 N–H and O–H groups in total. The smallest absolute Gasteiger partial charge is 0.156 e. The molecule has 1 unspecified atom stereocenters. The summed E-state index contributed by atoms with van der Waals surface area (Å²) in [6.07, 6.45) is 3.96. The van der Waals surface area contributed by atoms with Crippen molar-refractivity contribution in [3.05, 3.63) is 30.5 Å². The summed E-state index contributed by atoms with van der Waals surface area (Å²) in [5.74, 6) is 1.46. The number of hydrogen-bond acceptors (Lipinski definition) is 4. The first-order valence-corrected chi connectivity index (χ1v) is 6.49. The molecule has 1 aromatic heterocycles. The van der Waals surface area contributed by atoms with Crippen LogP contribution >= 0.6 is 0 Å². The highest BCUT2D eigenvalue weighted by atomic mass is 15.2. The standard InChI is InChI=1S/C14H20N4/c1-2-11(7-8-15)9-16-14-13-6-4-3-5-12(13)10-17-18-14/h3-6,10-11H,2,7-9,15H2,1H3,(H,16,18). The van der Waals surface area contributed by atoms with E-state index in [-0.39, 0.29) is 0 Å². The summed E-state index contributed by atoms with van der Waals surface area (Å²) in [4.78, 5) is 0. The molecule has 96 valence electrons. The number of anilines is 1. The maximum atomic E-state index is 5.61. The zero-order chi connectivity index (χ0) is 12.8. The van der Waals surface area contributed by atoms with Gasteiger partial charge in [0.25, 0.3) is 0 Å². The molecule has 0 aliphatic carbocycles. The minimum Gasteiger partial charge on any atom is -0.368 e. The van der Waals surface area contributed by atoms with Crippen molar-refractivity contribution in [3.63, 3.8) is 0 Å². The van der Waals surface area contributed by atoms with Crippen LogP contribution in [0.3, 0.4) is 0 Å². The van der Waals surface area contributed by atoms with Gasteiger partial charge in [0.05, 0.1) is 6.20 Å². The number of aromatic nitrogens is 2. The molecule has 1 heterocycles. The molecule has 0 saturated heterocycles. The van der Waals surface area contributed by atoms with Gasteiger partial charge in [0, 0.05) is 17.3 Å². The highest BCUT2D eigenvalue weighted by Crippen LogP contribution is 2.20. The molecule has 2 aromatic rings. The fourth-order valence-electron chi connectivity index (χ4n) is 2.09. The zero-order valence-electron chi connectivity index (χ0n) is 10.8. The summed E-state index contributed by atoms with van der Waals surface area (Å²) in [5.41, 5.74) is 5.61. The summed E-state index contributed by atoms with van der Waals surface area (Å²) >= 11 is 0. The molecule has 0 bridgehead atoms. The van der Waals surface area contributed by atoms with E-state index in [4.69, 9.17) is 5.73 Å². The van der Waals surface area contributed by atoms with Gasteiger partial charge >= 0.3 is 0 Å². The van der Waals surface area contributed by atoms with Crippen molar-refractivity contribution in [2.24, 2.45) is 11.7 Å². The molecule has 18 heavy (non-hydrogen) atoms. The Bertz CT molecular complexity index is 493. The van der Waals surface area contributed by atoms with Crippen molar-refractivity contribution < 1.29 is 0 Å². The van der Waals surface area contributed by atoms with E-state index in [1.165, 1.54) is 0 Å². The van der Waals surface area contributed by atoms with Crippen LogP contribution in [0.5, 0.6) is 0 Å². The van der Waals surface area contributed by atoms with Crippen LogP contribution in [0.2, 0.25) is 0 Å². The Morgan fingerprint density at radius 1 is 1.33 bits per heavy atom. The number of nitrogens with two attached hydrogens (primary N) is 1. The van der Waals surface area contributed by atoms with E-state index in [0.29, 0.717) is 5.92 Å². The van der Waals surface area contributed by atoms with Crippen LogP contribution in [0.1, 0.15) is 19.8 Å². The summed E-state index contributed by atoms with van der Waals surface area (Å²) in [5, 5.41) is 13.8. The van der Waals surface area contributed by atoms with E-state index in [1.54, 1.807) is 6.20 Å². The Kier molecular flexibility index (Phi) is 4.47. The minimum absolute atomic E-state index is 0.593. The normalized spacial score (nSPS) is 12.6. The van der Waals surface area contributed by atoms with Crippen molar-refractivity contribution in [1.29, 1.82) is 0 Å². The lowest BCUT2D eigenvalue weighted by atomic mass is 10.0. The molecule has 0 spiro atoms. The van der Waals surface area contributed by atoms with Gasteiger partial charge in [-0.1, -0.05) is 37.6 Å². The van der Waals surface area contributed by atoms with Crippen LogP contribution in [-0.4, -0.2) is 23.3 Å². The molecule has 0 saturated carbocycles. The minimum atomic E-state index is 0.593. The maximum absolute atomic E-state index is 5.61. The van der Waals surface area contributed by atoms with Gasteiger partial charge in [-0.15, -0.1) is 5.10 Å². The highest BCUT2D eigenvalue weighted by molar-refractivity contribution is 5.90. The second-order valence-electron chi connectivity index (χ2n) is 4.51. The highest BCUT2D eigenvalue weighted by Gasteiger charge is 2.07. The summed E-state index contributed by atoms with van der Waals surface area (Å²) in [6.45, 7) is 3.83. The van der Waals surface area contributed by atoms with Gasteiger partial charge in [-0.2, -0.15) is 5.10 Å². The van der Waals surface area contributed by atoms with E-state index < -0.39 is 0 Å². The largest absolute Gasteiger partial charge is 0.368 e. The lowest BCUT2D eigenvalue weighted by Gasteiger charge is -2.15. The Balaban J connectivity index is 2.11. The number of nitrogens with one attached hydrogen (secondary N) is 1. The molecular formula is C14H20N4. The van der Waals surface area contributed by atoms with Crippen LogP contribution in [-0.2, 0) is 0 Å². The quantitative estimate of drug-likeness (QED) is 0.819. The van der Waals surface area contributed by atoms with Crippen molar-refractivity contribution in [2.75, 3.05) is 18.4 Å². The van der Waals surface area contributed by atoms with Crippen molar-refractivity contribution in [3.8, 4) is 0 Å². The van der Waals surface area contributed by atoms with Gasteiger partial charge in [0.1, 0.15) is 0 Å². The Hall–Kier alpha value is -1.68. The number of benzene rings is 1. The van der Waals surface area contributed by atoms with Gasteiger partial charge in [0.15, 0.2) is 5.82 Å². The average molecular weight is 244 g/mol. The van der Waals surface area contributed by atoms with E-state index in [1.807, 2.05) is 18.2 Å². The lowest BCUT2D eigenvalue weighted by molar-refractivity contribution is 0.501. The van der Waals surface area contributed by atoms with Crippen LogP contribution in [0.25, 0.3) is 10.8 Å². The van der Waals surface area contributed by atoms with E-state index in [2.05, 4.69) is 28.5 Å². The molecule has 0 aliphatic rings. The van der Waals surface area contributed by atoms with Crippen LogP contribution < -0.4 is 11.1 Å². The lowest BCUT2D eigenvalue weighted by Crippen LogP contribution is -2.18. The number of rotatable bonds is 6. The summed E-state index contributed by atoms with van der Waals surface area (Å²) < 4.78 is 0. The molecule has 1 aromatic carbocycles. The van der Waals surface area contributed by atoms with Gasteiger partial charge < -0.3 is 11.1 Å². The number of nitrogens with zero attached hydrogens (tertiary/aromatic N) is 2. The first kappa shape index (κ1) is 12.8. The van der Waals surface area contributed by atoms with Gasteiger partial charge in [-0.05, 0) is 18.9 Å². The predicted molar refractivity (Wildman–Crippen MR) is 75.5 cm³/mol. The van der Waals surface area contributed by atoms with Crippen molar-refractivity contribution in [2.45, 2.75) is 19.8 Å². The molecule has 0 amide bonds. The van der Waals surface area contributed by atoms with E-state index >= 15 is 0 Å².